The standard InChI is InChI=1S/C23H20F6N6O/c1-13-3-4-16(19-30-6-2-7-31-19)18(34-13)21(36)35-8-5-22(25,26)10-15(35)12-33-20-17(24)9-14(11-32-20)23(27,28)29/h2-4,6-7,9,11,15H,5,8,10,12H2,1H3,(H,32,33)/t15-/m0/s1. The first-order chi connectivity index (χ1) is 16.9. The van der Waals surface area contributed by atoms with E-state index in [0.29, 0.717) is 17.5 Å². The molecule has 1 fully saturated rings. The van der Waals surface area contributed by atoms with Crippen molar-refractivity contribution >= 4 is 11.7 Å². The number of carbonyl (C=O) groups excluding carboxylic acids is 1. The maximum Gasteiger partial charge on any atom is 0.417 e. The fraction of sp³-hybridized carbons (Fsp3) is 0.348. The molecule has 0 unspecified atom stereocenters. The van der Waals surface area contributed by atoms with Crippen molar-refractivity contribution in [2.45, 2.75) is 37.9 Å². The Bertz CT molecular complexity index is 1250. The molecule has 13 heteroatoms. The SMILES string of the molecule is Cc1ccc(-c2ncccn2)c(C(=O)N2CCC(F)(F)C[C@H]2CNc2ncc(C(F)(F)F)cc2F)n1. The van der Waals surface area contributed by atoms with Crippen molar-refractivity contribution < 1.29 is 31.1 Å². The second kappa shape index (κ2) is 9.70. The molecule has 1 aliphatic rings. The molecule has 190 valence electrons. The fourth-order valence-corrected chi connectivity index (χ4v) is 3.89. The smallest absolute Gasteiger partial charge is 0.366 e. The Balaban J connectivity index is 1.61. The van der Waals surface area contributed by atoms with Crippen molar-refractivity contribution in [3.05, 3.63) is 65.6 Å². The minimum atomic E-state index is -4.79. The number of carbonyl (C=O) groups is 1. The van der Waals surface area contributed by atoms with E-state index in [1.807, 2.05) is 0 Å². The normalized spacial score (nSPS) is 17.6. The molecule has 1 amide bonds. The maximum atomic E-state index is 14.3. The number of likely N-dealkylation sites (tertiary alicyclic amines) is 1. The number of halogens is 6. The summed E-state index contributed by atoms with van der Waals surface area (Å²) in [5, 5.41) is 2.47. The lowest BCUT2D eigenvalue weighted by Gasteiger charge is -2.39. The van der Waals surface area contributed by atoms with Gasteiger partial charge in [0, 0.05) is 50.2 Å². The lowest BCUT2D eigenvalue weighted by molar-refractivity contribution is -0.138. The number of aryl methyl sites for hydroxylation is 1. The summed E-state index contributed by atoms with van der Waals surface area (Å²) in [6, 6.07) is 3.99. The van der Waals surface area contributed by atoms with Crippen LogP contribution in [0, 0.1) is 12.7 Å². The quantitative estimate of drug-likeness (QED) is 0.499. The van der Waals surface area contributed by atoms with Gasteiger partial charge in [0.15, 0.2) is 17.5 Å². The van der Waals surface area contributed by atoms with Gasteiger partial charge in [-0.05, 0) is 31.2 Å². The third-order valence-electron chi connectivity index (χ3n) is 5.67. The Labute approximate surface area is 201 Å². The van der Waals surface area contributed by atoms with Gasteiger partial charge in [0.1, 0.15) is 5.69 Å². The number of nitrogens with zero attached hydrogens (tertiary/aromatic N) is 5. The summed E-state index contributed by atoms with van der Waals surface area (Å²) in [5.41, 5.74) is -0.500. The molecule has 4 heterocycles. The van der Waals surface area contributed by atoms with E-state index in [2.05, 4.69) is 25.3 Å². The first-order valence-electron chi connectivity index (χ1n) is 10.8. The molecular weight excluding hydrogens is 490 g/mol. The lowest BCUT2D eigenvalue weighted by Crippen LogP contribution is -2.52. The highest BCUT2D eigenvalue weighted by molar-refractivity contribution is 5.98. The van der Waals surface area contributed by atoms with E-state index in [-0.39, 0.29) is 30.7 Å². The molecule has 0 saturated carbocycles. The Hall–Kier alpha value is -3.77. The van der Waals surface area contributed by atoms with E-state index in [9.17, 15) is 31.1 Å². The van der Waals surface area contributed by atoms with Crippen LogP contribution in [-0.2, 0) is 6.18 Å². The number of anilines is 1. The molecular formula is C23H20F6N6O. The summed E-state index contributed by atoms with van der Waals surface area (Å²) in [6.45, 7) is 0.972. The van der Waals surface area contributed by atoms with Gasteiger partial charge in [0.25, 0.3) is 11.8 Å². The van der Waals surface area contributed by atoms with Gasteiger partial charge in [-0.25, -0.2) is 33.1 Å². The Morgan fingerprint density at radius 2 is 1.92 bits per heavy atom. The van der Waals surface area contributed by atoms with Crippen LogP contribution >= 0.6 is 0 Å². The average molecular weight is 510 g/mol. The number of hydrogen-bond acceptors (Lipinski definition) is 6. The van der Waals surface area contributed by atoms with E-state index < -0.39 is 54.1 Å². The van der Waals surface area contributed by atoms with Gasteiger partial charge in [0.05, 0.1) is 17.2 Å². The number of nitrogens with one attached hydrogen (secondary N) is 1. The van der Waals surface area contributed by atoms with Crippen LogP contribution in [-0.4, -0.2) is 55.8 Å². The van der Waals surface area contributed by atoms with Crippen LogP contribution in [0.1, 0.15) is 34.6 Å². The summed E-state index contributed by atoms with van der Waals surface area (Å²) >= 11 is 0. The second-order valence-corrected chi connectivity index (χ2v) is 8.32. The van der Waals surface area contributed by atoms with Crippen LogP contribution in [0.4, 0.5) is 32.2 Å². The number of pyridine rings is 2. The van der Waals surface area contributed by atoms with E-state index >= 15 is 0 Å². The molecule has 3 aromatic rings. The van der Waals surface area contributed by atoms with Gasteiger partial charge >= 0.3 is 6.18 Å². The van der Waals surface area contributed by atoms with Gasteiger partial charge in [-0.2, -0.15) is 13.2 Å². The van der Waals surface area contributed by atoms with E-state index in [1.54, 1.807) is 25.1 Å². The summed E-state index contributed by atoms with van der Waals surface area (Å²) in [6.07, 6.45) is -2.72. The summed E-state index contributed by atoms with van der Waals surface area (Å²) < 4.78 is 81.1. The average Bonchev–Trinajstić information content (AvgIpc) is 2.82. The van der Waals surface area contributed by atoms with Crippen LogP contribution in [0.25, 0.3) is 11.4 Å². The van der Waals surface area contributed by atoms with Gasteiger partial charge in [0.2, 0.25) is 0 Å². The molecule has 0 aliphatic carbocycles. The summed E-state index contributed by atoms with van der Waals surface area (Å²) in [5.74, 6) is -5.36. The largest absolute Gasteiger partial charge is 0.417 e. The number of rotatable bonds is 5. The van der Waals surface area contributed by atoms with Gasteiger partial charge in [-0.3, -0.25) is 4.79 Å². The predicted molar refractivity (Wildman–Crippen MR) is 117 cm³/mol. The van der Waals surface area contributed by atoms with Crippen molar-refractivity contribution in [1.29, 1.82) is 0 Å². The zero-order valence-electron chi connectivity index (χ0n) is 18.9. The first kappa shape index (κ1) is 25.3. The molecule has 4 rings (SSSR count). The fourth-order valence-electron chi connectivity index (χ4n) is 3.89. The minimum Gasteiger partial charge on any atom is -0.366 e. The first-order valence-corrected chi connectivity index (χ1v) is 10.8. The molecule has 0 bridgehead atoms. The van der Waals surface area contributed by atoms with E-state index in [4.69, 9.17) is 0 Å². The van der Waals surface area contributed by atoms with Gasteiger partial charge < -0.3 is 10.2 Å². The topological polar surface area (TPSA) is 83.9 Å². The van der Waals surface area contributed by atoms with Crippen molar-refractivity contribution in [1.82, 2.24) is 24.8 Å². The molecule has 3 aromatic heterocycles. The zero-order valence-corrected chi connectivity index (χ0v) is 18.9. The van der Waals surface area contributed by atoms with E-state index in [0.717, 1.165) is 0 Å². The third-order valence-corrected chi connectivity index (χ3v) is 5.67. The van der Waals surface area contributed by atoms with Crippen molar-refractivity contribution in [2.24, 2.45) is 0 Å². The van der Waals surface area contributed by atoms with Crippen molar-refractivity contribution in [3.63, 3.8) is 0 Å². The lowest BCUT2D eigenvalue weighted by atomic mass is 9.97. The van der Waals surface area contributed by atoms with Crippen molar-refractivity contribution in [2.75, 3.05) is 18.4 Å². The Morgan fingerprint density at radius 1 is 1.19 bits per heavy atom. The highest BCUT2D eigenvalue weighted by Gasteiger charge is 2.43. The zero-order chi connectivity index (χ0) is 26.1. The number of hydrogen-bond donors (Lipinski definition) is 1. The second-order valence-electron chi connectivity index (χ2n) is 8.32. The molecule has 0 aromatic carbocycles. The van der Waals surface area contributed by atoms with Crippen LogP contribution in [0.5, 0.6) is 0 Å². The summed E-state index contributed by atoms with van der Waals surface area (Å²) in [4.78, 5) is 30.7. The minimum absolute atomic E-state index is 0.0322. The van der Waals surface area contributed by atoms with Crippen LogP contribution < -0.4 is 5.32 Å². The number of piperidine rings is 1. The molecule has 7 nitrogen and oxygen atoms in total. The third kappa shape index (κ3) is 5.55. The highest BCUT2D eigenvalue weighted by Crippen LogP contribution is 2.34. The highest BCUT2D eigenvalue weighted by atomic mass is 19.4. The number of alkyl halides is 5. The van der Waals surface area contributed by atoms with Crippen LogP contribution in [0.15, 0.2) is 42.9 Å². The maximum absolute atomic E-state index is 14.3. The number of aromatic nitrogens is 4. The summed E-state index contributed by atoms with van der Waals surface area (Å²) in [7, 11) is 0. The van der Waals surface area contributed by atoms with Gasteiger partial charge in [-0.1, -0.05) is 0 Å². The number of amides is 1. The molecule has 1 N–H and O–H groups in total. The Kier molecular flexibility index (Phi) is 6.83. The molecule has 1 atom stereocenters. The van der Waals surface area contributed by atoms with Crippen LogP contribution in [0.3, 0.4) is 0 Å². The van der Waals surface area contributed by atoms with Crippen molar-refractivity contribution in [3.8, 4) is 11.4 Å². The monoisotopic (exact) mass is 510 g/mol. The molecule has 1 saturated heterocycles. The molecule has 36 heavy (non-hydrogen) atoms. The van der Waals surface area contributed by atoms with E-state index in [1.165, 1.54) is 17.3 Å². The molecule has 0 radical (unpaired) electrons. The van der Waals surface area contributed by atoms with Gasteiger partial charge in [-0.15, -0.1) is 0 Å². The predicted octanol–water partition coefficient (Wildman–Crippen LogP) is 4.75. The molecule has 0 spiro atoms. The molecule has 1 aliphatic heterocycles. The van der Waals surface area contributed by atoms with Crippen LogP contribution in [0.2, 0.25) is 0 Å². The Morgan fingerprint density at radius 3 is 2.58 bits per heavy atom.